The Hall–Kier alpha value is -2.34. The Balaban J connectivity index is 2.04. The third-order valence-corrected chi connectivity index (χ3v) is 3.36. The first kappa shape index (κ1) is 16.0. The van der Waals surface area contributed by atoms with Crippen molar-refractivity contribution in [3.63, 3.8) is 0 Å². The molecule has 0 unspecified atom stereocenters. The fourth-order valence-electron chi connectivity index (χ4n) is 2.38. The van der Waals surface area contributed by atoms with E-state index in [1.165, 1.54) is 0 Å². The van der Waals surface area contributed by atoms with Crippen molar-refractivity contribution in [1.29, 1.82) is 0 Å². The Kier molecular flexibility index (Phi) is 5.16. The van der Waals surface area contributed by atoms with Crippen LogP contribution in [-0.2, 0) is 11.3 Å². The topological polar surface area (TPSA) is 84.3 Å². The number of ether oxygens (including phenoxy) is 1. The zero-order valence-corrected chi connectivity index (χ0v) is 13.0. The van der Waals surface area contributed by atoms with Crippen molar-refractivity contribution in [3.05, 3.63) is 46.7 Å². The van der Waals surface area contributed by atoms with Crippen LogP contribution in [0, 0.1) is 13.8 Å². The number of Topliss-reactive ketones (excluding diaryl/α,β-unsaturated/α-hetero) is 1. The van der Waals surface area contributed by atoms with Crippen LogP contribution in [0.5, 0.6) is 0 Å². The van der Waals surface area contributed by atoms with Crippen molar-refractivity contribution in [1.82, 2.24) is 10.3 Å². The number of aromatic amines is 1. The Labute approximate surface area is 128 Å². The predicted octanol–water partition coefficient (Wildman–Crippen LogP) is 2.37. The summed E-state index contributed by atoms with van der Waals surface area (Å²) in [6, 6.07) is 3.63. The second kappa shape index (κ2) is 7.09. The molecule has 0 aliphatic heterocycles. The van der Waals surface area contributed by atoms with E-state index in [1.54, 1.807) is 33.1 Å². The summed E-state index contributed by atoms with van der Waals surface area (Å²) in [5.74, 6) is 0.251. The Morgan fingerprint density at radius 1 is 1.36 bits per heavy atom. The first-order valence-electron chi connectivity index (χ1n) is 7.17. The molecule has 2 N–H and O–H groups in total. The van der Waals surface area contributed by atoms with Gasteiger partial charge in [0.15, 0.2) is 5.78 Å². The Morgan fingerprint density at radius 2 is 2.14 bits per heavy atom. The number of rotatable bonds is 7. The highest BCUT2D eigenvalue weighted by Gasteiger charge is 2.22. The van der Waals surface area contributed by atoms with Gasteiger partial charge in [-0.15, -0.1) is 0 Å². The lowest BCUT2D eigenvalue weighted by Crippen LogP contribution is -2.23. The fraction of sp³-hybridized carbons (Fsp3) is 0.375. The Bertz CT molecular complexity index is 656. The molecule has 6 heteroatoms. The van der Waals surface area contributed by atoms with E-state index < -0.39 is 5.97 Å². The standard InChI is InChI=1S/C16H20N2O4/c1-4-21-16(20)15-10(2)14(11(3)18-15)13(19)9-17-8-12-6-5-7-22-12/h5-7,17-18H,4,8-9H2,1-3H3. The van der Waals surface area contributed by atoms with Crippen LogP contribution in [0.2, 0.25) is 0 Å². The molecule has 0 atom stereocenters. The quantitative estimate of drug-likeness (QED) is 0.606. The number of esters is 1. The van der Waals surface area contributed by atoms with Gasteiger partial charge in [-0.1, -0.05) is 0 Å². The molecule has 2 aromatic rings. The maximum absolute atomic E-state index is 12.3. The molecule has 0 aliphatic rings. The number of nitrogens with one attached hydrogen (secondary N) is 2. The van der Waals surface area contributed by atoms with Crippen molar-refractivity contribution in [2.24, 2.45) is 0 Å². The van der Waals surface area contributed by atoms with Gasteiger partial charge in [-0.25, -0.2) is 4.79 Å². The van der Waals surface area contributed by atoms with Crippen molar-refractivity contribution in [3.8, 4) is 0 Å². The molecule has 0 saturated heterocycles. The van der Waals surface area contributed by atoms with E-state index in [4.69, 9.17) is 9.15 Å². The second-order valence-electron chi connectivity index (χ2n) is 4.95. The number of aryl methyl sites for hydroxylation is 1. The summed E-state index contributed by atoms with van der Waals surface area (Å²) in [5.41, 5.74) is 2.18. The van der Waals surface area contributed by atoms with Crippen LogP contribution in [0.25, 0.3) is 0 Å². The average Bonchev–Trinajstić information content (AvgIpc) is 3.07. The minimum absolute atomic E-state index is 0.0756. The van der Waals surface area contributed by atoms with Gasteiger partial charge in [0.25, 0.3) is 0 Å². The first-order chi connectivity index (χ1) is 10.5. The first-order valence-corrected chi connectivity index (χ1v) is 7.17. The van der Waals surface area contributed by atoms with Gasteiger partial charge in [0.2, 0.25) is 0 Å². The van der Waals surface area contributed by atoms with Crippen LogP contribution in [-0.4, -0.2) is 29.9 Å². The SMILES string of the molecule is CCOC(=O)c1[nH]c(C)c(C(=O)CNCc2ccco2)c1C. The summed E-state index contributed by atoms with van der Waals surface area (Å²) in [5, 5.41) is 3.03. The molecular formula is C16H20N2O4. The molecule has 6 nitrogen and oxygen atoms in total. The molecule has 2 aromatic heterocycles. The van der Waals surface area contributed by atoms with E-state index in [-0.39, 0.29) is 12.3 Å². The zero-order valence-electron chi connectivity index (χ0n) is 13.0. The van der Waals surface area contributed by atoms with E-state index in [1.807, 2.05) is 6.07 Å². The van der Waals surface area contributed by atoms with Crippen LogP contribution in [0.4, 0.5) is 0 Å². The highest BCUT2D eigenvalue weighted by molar-refractivity contribution is 6.03. The van der Waals surface area contributed by atoms with Crippen LogP contribution in [0.15, 0.2) is 22.8 Å². The lowest BCUT2D eigenvalue weighted by atomic mass is 10.1. The molecule has 0 bridgehead atoms. The van der Waals surface area contributed by atoms with Gasteiger partial charge in [-0.3, -0.25) is 4.79 Å². The average molecular weight is 304 g/mol. The zero-order chi connectivity index (χ0) is 16.1. The number of carbonyl (C=O) groups excluding carboxylic acids is 2. The highest BCUT2D eigenvalue weighted by Crippen LogP contribution is 2.19. The number of furan rings is 1. The Morgan fingerprint density at radius 3 is 2.77 bits per heavy atom. The molecular weight excluding hydrogens is 284 g/mol. The van der Waals surface area contributed by atoms with Gasteiger partial charge >= 0.3 is 5.97 Å². The van der Waals surface area contributed by atoms with Crippen LogP contribution in [0.3, 0.4) is 0 Å². The number of H-pyrrole nitrogens is 1. The van der Waals surface area contributed by atoms with Crippen molar-refractivity contribution in [2.45, 2.75) is 27.3 Å². The van der Waals surface area contributed by atoms with Gasteiger partial charge < -0.3 is 19.5 Å². The van der Waals surface area contributed by atoms with Crippen molar-refractivity contribution in [2.75, 3.05) is 13.2 Å². The summed E-state index contributed by atoms with van der Waals surface area (Å²) in [6.45, 7) is 6.21. The predicted molar refractivity (Wildman–Crippen MR) is 81.0 cm³/mol. The number of hydrogen-bond donors (Lipinski definition) is 2. The molecule has 2 rings (SSSR count). The molecule has 0 spiro atoms. The van der Waals surface area contributed by atoms with Crippen molar-refractivity contribution >= 4 is 11.8 Å². The normalized spacial score (nSPS) is 10.7. The summed E-state index contributed by atoms with van der Waals surface area (Å²) in [6.07, 6.45) is 1.59. The maximum atomic E-state index is 12.3. The van der Waals surface area contributed by atoms with Gasteiger partial charge in [-0.2, -0.15) is 0 Å². The number of ketones is 1. The van der Waals surface area contributed by atoms with E-state index in [2.05, 4.69) is 10.3 Å². The van der Waals surface area contributed by atoms with E-state index in [0.29, 0.717) is 35.7 Å². The summed E-state index contributed by atoms with van der Waals surface area (Å²) < 4.78 is 10.2. The monoisotopic (exact) mass is 304 g/mol. The lowest BCUT2D eigenvalue weighted by molar-refractivity contribution is 0.0519. The molecule has 0 aromatic carbocycles. The summed E-state index contributed by atoms with van der Waals surface area (Å²) in [4.78, 5) is 27.1. The van der Waals surface area contributed by atoms with Crippen LogP contribution < -0.4 is 5.32 Å². The van der Waals surface area contributed by atoms with Gasteiger partial charge in [0.05, 0.1) is 26.0 Å². The van der Waals surface area contributed by atoms with Crippen molar-refractivity contribution < 1.29 is 18.7 Å². The molecule has 2 heterocycles. The molecule has 0 fully saturated rings. The van der Waals surface area contributed by atoms with Crippen LogP contribution in [0.1, 0.15) is 44.8 Å². The van der Waals surface area contributed by atoms with Gasteiger partial charge in [-0.05, 0) is 38.5 Å². The minimum atomic E-state index is -0.439. The van der Waals surface area contributed by atoms with E-state index in [9.17, 15) is 9.59 Å². The summed E-state index contributed by atoms with van der Waals surface area (Å²) in [7, 11) is 0. The fourth-order valence-corrected chi connectivity index (χ4v) is 2.38. The molecule has 118 valence electrons. The molecule has 22 heavy (non-hydrogen) atoms. The number of hydrogen-bond acceptors (Lipinski definition) is 5. The molecule has 0 saturated carbocycles. The van der Waals surface area contributed by atoms with Crippen LogP contribution >= 0.6 is 0 Å². The van der Waals surface area contributed by atoms with Gasteiger partial charge in [0, 0.05) is 11.3 Å². The third-order valence-electron chi connectivity index (χ3n) is 3.36. The number of carbonyl (C=O) groups is 2. The summed E-state index contributed by atoms with van der Waals surface area (Å²) >= 11 is 0. The smallest absolute Gasteiger partial charge is 0.355 e. The largest absolute Gasteiger partial charge is 0.468 e. The lowest BCUT2D eigenvalue weighted by Gasteiger charge is -2.04. The van der Waals surface area contributed by atoms with E-state index in [0.717, 1.165) is 5.76 Å². The highest BCUT2D eigenvalue weighted by atomic mass is 16.5. The van der Waals surface area contributed by atoms with Gasteiger partial charge in [0.1, 0.15) is 11.5 Å². The van der Waals surface area contributed by atoms with E-state index >= 15 is 0 Å². The maximum Gasteiger partial charge on any atom is 0.355 e. The molecule has 0 radical (unpaired) electrons. The second-order valence-corrected chi connectivity index (χ2v) is 4.95. The number of aromatic nitrogens is 1. The minimum Gasteiger partial charge on any atom is -0.468 e. The molecule has 0 aliphatic carbocycles. The third kappa shape index (κ3) is 3.46. The molecule has 0 amide bonds.